The van der Waals surface area contributed by atoms with Crippen LogP contribution in [0.1, 0.15) is 5.56 Å². The minimum absolute atomic E-state index is 0.100. The van der Waals surface area contributed by atoms with Gasteiger partial charge >= 0.3 is 0 Å². The largest absolute Gasteiger partial charge is 0.493 e. The van der Waals surface area contributed by atoms with E-state index in [-0.39, 0.29) is 5.90 Å². The normalized spacial score (nSPS) is 20.8. The second-order valence-electron chi connectivity index (χ2n) is 3.82. The summed E-state index contributed by atoms with van der Waals surface area (Å²) in [6.45, 7) is 0. The number of carbonyl (C=O) groups is 1. The molecule has 1 amide bonds. The zero-order chi connectivity index (χ0) is 12.7. The zero-order valence-electron chi connectivity index (χ0n) is 9.51. The molecule has 0 fully saturated rings. The van der Waals surface area contributed by atoms with Gasteiger partial charge in [-0.15, -0.1) is 0 Å². The molecular weight excluding hydrogens is 236 g/mol. The van der Waals surface area contributed by atoms with E-state index in [9.17, 15) is 9.90 Å². The highest BCUT2D eigenvalue weighted by molar-refractivity contribution is 6.24. The Bertz CT molecular complexity index is 592. The predicted octanol–water partition coefficient (Wildman–Crippen LogP) is 0.275. The fourth-order valence-corrected chi connectivity index (χ4v) is 1.88. The summed E-state index contributed by atoms with van der Waals surface area (Å²) >= 11 is 0. The van der Waals surface area contributed by atoms with Gasteiger partial charge < -0.3 is 19.9 Å². The number of methoxy groups -OCH3 is 1. The maximum absolute atomic E-state index is 11.7. The molecule has 3 rings (SSSR count). The SMILES string of the molecule is COc1cccc2c1OC1=NC(O)NC(=O)C1=C2. The number of benzene rings is 1. The van der Waals surface area contributed by atoms with Crippen molar-refractivity contribution in [3.8, 4) is 11.5 Å². The molecule has 0 saturated heterocycles. The minimum Gasteiger partial charge on any atom is -0.493 e. The highest BCUT2D eigenvalue weighted by atomic mass is 16.5. The van der Waals surface area contributed by atoms with Gasteiger partial charge in [-0.25, -0.2) is 0 Å². The van der Waals surface area contributed by atoms with Crippen molar-refractivity contribution < 1.29 is 19.4 Å². The number of aliphatic hydroxyl groups excluding tert-OH is 1. The number of carbonyl (C=O) groups excluding carboxylic acids is 1. The monoisotopic (exact) mass is 246 g/mol. The Labute approximate surface area is 103 Å². The first-order valence-electron chi connectivity index (χ1n) is 5.32. The summed E-state index contributed by atoms with van der Waals surface area (Å²) in [7, 11) is 1.53. The number of hydrogen-bond donors (Lipinski definition) is 2. The molecule has 6 nitrogen and oxygen atoms in total. The van der Waals surface area contributed by atoms with Crippen molar-refractivity contribution in [1.29, 1.82) is 0 Å². The molecule has 0 spiro atoms. The third-order valence-electron chi connectivity index (χ3n) is 2.70. The first kappa shape index (κ1) is 10.8. The van der Waals surface area contributed by atoms with Crippen molar-refractivity contribution in [2.75, 3.05) is 7.11 Å². The minimum atomic E-state index is -1.28. The summed E-state index contributed by atoms with van der Waals surface area (Å²) in [4.78, 5) is 15.5. The number of aliphatic hydroxyl groups is 1. The number of rotatable bonds is 1. The molecule has 0 radical (unpaired) electrons. The molecule has 1 aromatic rings. The molecule has 1 atom stereocenters. The van der Waals surface area contributed by atoms with Crippen LogP contribution in [0.25, 0.3) is 6.08 Å². The van der Waals surface area contributed by atoms with E-state index in [2.05, 4.69) is 10.3 Å². The second kappa shape index (κ2) is 3.85. The van der Waals surface area contributed by atoms with E-state index < -0.39 is 12.3 Å². The molecule has 0 aromatic heterocycles. The van der Waals surface area contributed by atoms with E-state index in [1.165, 1.54) is 7.11 Å². The predicted molar refractivity (Wildman–Crippen MR) is 63.2 cm³/mol. The van der Waals surface area contributed by atoms with E-state index >= 15 is 0 Å². The van der Waals surface area contributed by atoms with Crippen LogP contribution < -0.4 is 14.8 Å². The van der Waals surface area contributed by atoms with Gasteiger partial charge in [0, 0.05) is 5.56 Å². The highest BCUT2D eigenvalue weighted by Crippen LogP contribution is 2.36. The number of para-hydroxylation sites is 1. The van der Waals surface area contributed by atoms with Crippen molar-refractivity contribution in [2.24, 2.45) is 4.99 Å². The van der Waals surface area contributed by atoms with Gasteiger partial charge in [0.2, 0.25) is 12.2 Å². The molecule has 18 heavy (non-hydrogen) atoms. The second-order valence-corrected chi connectivity index (χ2v) is 3.82. The van der Waals surface area contributed by atoms with Gasteiger partial charge in [-0.1, -0.05) is 12.1 Å². The van der Waals surface area contributed by atoms with E-state index in [1.54, 1.807) is 24.3 Å². The Kier molecular flexibility index (Phi) is 2.31. The molecule has 0 saturated carbocycles. The van der Waals surface area contributed by atoms with Gasteiger partial charge in [0.1, 0.15) is 5.57 Å². The number of nitrogens with one attached hydrogen (secondary N) is 1. The summed E-state index contributed by atoms with van der Waals surface area (Å²) in [6, 6.07) is 5.35. The van der Waals surface area contributed by atoms with E-state index in [4.69, 9.17) is 9.47 Å². The molecule has 2 heterocycles. The number of ether oxygens (including phenoxy) is 2. The number of amides is 1. The lowest BCUT2D eigenvalue weighted by Crippen LogP contribution is -2.43. The molecule has 2 aliphatic heterocycles. The molecule has 1 unspecified atom stereocenters. The third kappa shape index (κ3) is 1.54. The lowest BCUT2D eigenvalue weighted by molar-refractivity contribution is -0.120. The van der Waals surface area contributed by atoms with Crippen LogP contribution in [-0.4, -0.2) is 30.4 Å². The van der Waals surface area contributed by atoms with E-state index in [0.717, 1.165) is 5.56 Å². The maximum Gasteiger partial charge on any atom is 0.260 e. The molecule has 6 heteroatoms. The van der Waals surface area contributed by atoms with Crippen LogP contribution in [0.2, 0.25) is 0 Å². The van der Waals surface area contributed by atoms with Gasteiger partial charge in [0.15, 0.2) is 11.5 Å². The van der Waals surface area contributed by atoms with Crippen LogP contribution >= 0.6 is 0 Å². The summed E-state index contributed by atoms with van der Waals surface area (Å²) < 4.78 is 10.7. The summed E-state index contributed by atoms with van der Waals surface area (Å²) in [5, 5.41) is 11.6. The van der Waals surface area contributed by atoms with Crippen LogP contribution in [0.15, 0.2) is 28.8 Å². The van der Waals surface area contributed by atoms with E-state index in [0.29, 0.717) is 17.1 Å². The number of aliphatic imine (C=N–C) groups is 1. The number of nitrogens with zero attached hydrogens (tertiary/aromatic N) is 1. The zero-order valence-corrected chi connectivity index (χ0v) is 9.51. The highest BCUT2D eigenvalue weighted by Gasteiger charge is 2.31. The average Bonchev–Trinajstić information content (AvgIpc) is 2.36. The molecule has 0 bridgehead atoms. The fourth-order valence-electron chi connectivity index (χ4n) is 1.88. The van der Waals surface area contributed by atoms with E-state index in [1.807, 2.05) is 0 Å². The fraction of sp³-hybridized carbons (Fsp3) is 0.167. The summed E-state index contributed by atoms with van der Waals surface area (Å²) in [6.07, 6.45) is 0.377. The molecule has 2 N–H and O–H groups in total. The molecule has 0 aliphatic carbocycles. The lowest BCUT2D eigenvalue weighted by Gasteiger charge is -2.25. The quantitative estimate of drug-likeness (QED) is 0.745. The van der Waals surface area contributed by atoms with Crippen LogP contribution in [0.4, 0.5) is 0 Å². The van der Waals surface area contributed by atoms with Crippen molar-refractivity contribution >= 4 is 17.9 Å². The van der Waals surface area contributed by atoms with Crippen LogP contribution in [0.3, 0.4) is 0 Å². The topological polar surface area (TPSA) is 80.2 Å². The Morgan fingerprint density at radius 1 is 1.50 bits per heavy atom. The molecule has 1 aromatic carbocycles. The summed E-state index contributed by atoms with van der Waals surface area (Å²) in [5.41, 5.74) is 1.02. The van der Waals surface area contributed by atoms with Crippen molar-refractivity contribution in [3.63, 3.8) is 0 Å². The van der Waals surface area contributed by atoms with Gasteiger partial charge in [-0.2, -0.15) is 4.99 Å². The van der Waals surface area contributed by atoms with Crippen LogP contribution in [0, 0.1) is 0 Å². The number of fused-ring (bicyclic) bond motifs is 2. The summed E-state index contributed by atoms with van der Waals surface area (Å²) in [5.74, 6) is 0.722. The smallest absolute Gasteiger partial charge is 0.260 e. The lowest BCUT2D eigenvalue weighted by atomic mass is 10.0. The first-order valence-corrected chi connectivity index (χ1v) is 5.32. The molecule has 2 aliphatic rings. The van der Waals surface area contributed by atoms with Crippen molar-refractivity contribution in [3.05, 3.63) is 29.3 Å². The Hall–Kier alpha value is -2.34. The van der Waals surface area contributed by atoms with Gasteiger partial charge in [0.05, 0.1) is 7.11 Å². The van der Waals surface area contributed by atoms with Gasteiger partial charge in [-0.3, -0.25) is 4.79 Å². The van der Waals surface area contributed by atoms with Gasteiger partial charge in [0.25, 0.3) is 5.91 Å². The average molecular weight is 246 g/mol. The van der Waals surface area contributed by atoms with Gasteiger partial charge in [-0.05, 0) is 12.1 Å². The third-order valence-corrected chi connectivity index (χ3v) is 2.70. The Morgan fingerprint density at radius 2 is 2.33 bits per heavy atom. The van der Waals surface area contributed by atoms with Crippen molar-refractivity contribution in [1.82, 2.24) is 5.32 Å². The Morgan fingerprint density at radius 3 is 3.11 bits per heavy atom. The Balaban J connectivity index is 2.16. The van der Waals surface area contributed by atoms with Crippen LogP contribution in [0.5, 0.6) is 11.5 Å². The molecular formula is C12H10N2O4. The van der Waals surface area contributed by atoms with Crippen molar-refractivity contribution in [2.45, 2.75) is 6.35 Å². The van der Waals surface area contributed by atoms with Crippen LogP contribution in [-0.2, 0) is 4.79 Å². The number of hydrogen-bond acceptors (Lipinski definition) is 5. The first-order chi connectivity index (χ1) is 8.69. The molecule has 92 valence electrons. The maximum atomic E-state index is 11.7. The standard InChI is InChI=1S/C12H10N2O4/c1-17-8-4-2-3-6-5-7-10(15)13-12(16)14-11(7)18-9(6)8/h2-5,12,16H,1H3,(H,13,15).